The minimum absolute atomic E-state index is 0.486. The summed E-state index contributed by atoms with van der Waals surface area (Å²) in [6.07, 6.45) is -1.26. The van der Waals surface area contributed by atoms with Gasteiger partial charge in [-0.15, -0.1) is 0 Å². The normalized spacial score (nSPS) is 13.7. The standard InChI is InChI=1S/C19H19NO3/c1-12-16(14-10-6-7-11-15(14)20-12)17(18(21)19(22)23-2)13-8-4-3-5-9-13/h3-11,17-18,20-21H,1-2H3/t17-,18+/m1/s1. The first-order valence-electron chi connectivity index (χ1n) is 7.51. The molecule has 0 aliphatic carbocycles. The van der Waals surface area contributed by atoms with Gasteiger partial charge >= 0.3 is 5.97 Å². The topological polar surface area (TPSA) is 62.3 Å². The summed E-state index contributed by atoms with van der Waals surface area (Å²) in [5.41, 5.74) is 3.71. The lowest BCUT2D eigenvalue weighted by atomic mass is 9.85. The van der Waals surface area contributed by atoms with E-state index in [0.29, 0.717) is 0 Å². The highest BCUT2D eigenvalue weighted by Gasteiger charge is 2.32. The Kier molecular flexibility index (Phi) is 4.17. The quantitative estimate of drug-likeness (QED) is 0.728. The zero-order valence-corrected chi connectivity index (χ0v) is 13.1. The Morgan fingerprint density at radius 3 is 2.43 bits per heavy atom. The molecule has 0 unspecified atom stereocenters. The van der Waals surface area contributed by atoms with Crippen molar-refractivity contribution in [1.29, 1.82) is 0 Å². The molecule has 0 aliphatic heterocycles. The van der Waals surface area contributed by atoms with E-state index in [1.54, 1.807) is 0 Å². The lowest BCUT2D eigenvalue weighted by Crippen LogP contribution is -2.30. The number of hydrogen-bond donors (Lipinski definition) is 2. The number of nitrogens with one attached hydrogen (secondary N) is 1. The molecule has 0 fully saturated rings. The molecule has 118 valence electrons. The SMILES string of the molecule is COC(=O)[C@@H](O)[C@H](c1ccccc1)c1c(C)[nH]c2ccccc12. The molecule has 4 heteroatoms. The smallest absolute Gasteiger partial charge is 0.335 e. The van der Waals surface area contributed by atoms with Crippen molar-refractivity contribution in [2.24, 2.45) is 0 Å². The highest BCUT2D eigenvalue weighted by molar-refractivity contribution is 5.87. The van der Waals surface area contributed by atoms with Crippen molar-refractivity contribution in [3.05, 3.63) is 71.4 Å². The van der Waals surface area contributed by atoms with Crippen molar-refractivity contribution in [3.63, 3.8) is 0 Å². The molecule has 3 rings (SSSR count). The number of fused-ring (bicyclic) bond motifs is 1. The Hall–Kier alpha value is -2.59. The first-order chi connectivity index (χ1) is 11.1. The van der Waals surface area contributed by atoms with Crippen LogP contribution in [0.1, 0.15) is 22.7 Å². The Balaban J connectivity index is 2.22. The van der Waals surface area contributed by atoms with E-state index >= 15 is 0 Å². The molecule has 0 saturated heterocycles. The molecule has 0 bridgehead atoms. The second-order valence-corrected chi connectivity index (χ2v) is 5.57. The molecule has 2 aromatic carbocycles. The maximum absolute atomic E-state index is 12.0. The van der Waals surface area contributed by atoms with Crippen LogP contribution in [-0.4, -0.2) is 29.3 Å². The number of esters is 1. The molecule has 0 radical (unpaired) electrons. The summed E-state index contributed by atoms with van der Waals surface area (Å²) in [6, 6.07) is 17.4. The van der Waals surface area contributed by atoms with Gasteiger partial charge in [0.2, 0.25) is 0 Å². The van der Waals surface area contributed by atoms with Crippen LogP contribution in [0.4, 0.5) is 0 Å². The van der Waals surface area contributed by atoms with Gasteiger partial charge in [-0.05, 0) is 24.1 Å². The van der Waals surface area contributed by atoms with Crippen molar-refractivity contribution in [2.45, 2.75) is 18.9 Å². The monoisotopic (exact) mass is 309 g/mol. The van der Waals surface area contributed by atoms with Crippen LogP contribution in [0, 0.1) is 6.92 Å². The minimum Gasteiger partial charge on any atom is -0.467 e. The Morgan fingerprint density at radius 2 is 1.74 bits per heavy atom. The number of aromatic amines is 1. The second-order valence-electron chi connectivity index (χ2n) is 5.57. The molecule has 3 aromatic rings. The van der Waals surface area contributed by atoms with E-state index in [4.69, 9.17) is 4.74 Å². The third-order valence-electron chi connectivity index (χ3n) is 4.17. The number of carbonyl (C=O) groups excluding carboxylic acids is 1. The van der Waals surface area contributed by atoms with Crippen LogP contribution < -0.4 is 0 Å². The van der Waals surface area contributed by atoms with E-state index in [0.717, 1.165) is 27.7 Å². The van der Waals surface area contributed by atoms with Gasteiger partial charge < -0.3 is 14.8 Å². The lowest BCUT2D eigenvalue weighted by Gasteiger charge is -2.22. The van der Waals surface area contributed by atoms with Crippen molar-refractivity contribution >= 4 is 16.9 Å². The first-order valence-corrected chi connectivity index (χ1v) is 7.51. The molecular weight excluding hydrogens is 290 g/mol. The van der Waals surface area contributed by atoms with E-state index < -0.39 is 18.0 Å². The van der Waals surface area contributed by atoms with Crippen molar-refractivity contribution in [2.75, 3.05) is 7.11 Å². The number of carbonyl (C=O) groups is 1. The molecule has 0 amide bonds. The molecule has 4 nitrogen and oxygen atoms in total. The fraction of sp³-hybridized carbons (Fsp3) is 0.211. The summed E-state index contributed by atoms with van der Waals surface area (Å²) in [4.78, 5) is 15.3. The largest absolute Gasteiger partial charge is 0.467 e. The highest BCUT2D eigenvalue weighted by atomic mass is 16.5. The van der Waals surface area contributed by atoms with Gasteiger partial charge in [0.1, 0.15) is 0 Å². The molecule has 1 aromatic heterocycles. The van der Waals surface area contributed by atoms with Crippen molar-refractivity contribution < 1.29 is 14.6 Å². The number of benzene rings is 2. The van der Waals surface area contributed by atoms with Crippen LogP contribution in [0.3, 0.4) is 0 Å². The van der Waals surface area contributed by atoms with E-state index in [9.17, 15) is 9.90 Å². The second kappa shape index (κ2) is 6.26. The zero-order chi connectivity index (χ0) is 16.4. The molecule has 1 heterocycles. The van der Waals surface area contributed by atoms with Gasteiger partial charge in [0.05, 0.1) is 7.11 Å². The Labute approximate surface area is 134 Å². The Bertz CT molecular complexity index is 823. The molecule has 0 saturated carbocycles. The number of aryl methyl sites for hydroxylation is 1. The molecule has 2 atom stereocenters. The number of aliphatic hydroxyl groups is 1. The zero-order valence-electron chi connectivity index (χ0n) is 13.1. The fourth-order valence-electron chi connectivity index (χ4n) is 3.12. The van der Waals surface area contributed by atoms with Crippen molar-refractivity contribution in [1.82, 2.24) is 4.98 Å². The predicted molar refractivity (Wildman–Crippen MR) is 89.3 cm³/mol. The van der Waals surface area contributed by atoms with Crippen LogP contribution in [0.15, 0.2) is 54.6 Å². The first kappa shape index (κ1) is 15.3. The van der Waals surface area contributed by atoms with Crippen molar-refractivity contribution in [3.8, 4) is 0 Å². The summed E-state index contributed by atoms with van der Waals surface area (Å²) in [5.74, 6) is -1.12. The van der Waals surface area contributed by atoms with Gasteiger partial charge in [-0.3, -0.25) is 0 Å². The third-order valence-corrected chi connectivity index (χ3v) is 4.17. The van der Waals surface area contributed by atoms with Gasteiger partial charge in [-0.25, -0.2) is 4.79 Å². The molecule has 0 spiro atoms. The summed E-state index contributed by atoms with van der Waals surface area (Å²) in [5, 5.41) is 11.6. The average Bonchev–Trinajstić information content (AvgIpc) is 2.91. The maximum atomic E-state index is 12.0. The number of ether oxygens (including phenoxy) is 1. The van der Waals surface area contributed by atoms with Crippen LogP contribution in [0.25, 0.3) is 10.9 Å². The molecular formula is C19H19NO3. The summed E-state index contributed by atoms with van der Waals surface area (Å²) < 4.78 is 4.77. The number of H-pyrrole nitrogens is 1. The van der Waals surface area contributed by atoms with Crippen LogP contribution >= 0.6 is 0 Å². The van der Waals surface area contributed by atoms with Gasteiger partial charge in [-0.2, -0.15) is 0 Å². The van der Waals surface area contributed by atoms with Gasteiger partial charge in [-0.1, -0.05) is 48.5 Å². The van der Waals surface area contributed by atoms with E-state index in [-0.39, 0.29) is 0 Å². The lowest BCUT2D eigenvalue weighted by molar-refractivity contribution is -0.151. The van der Waals surface area contributed by atoms with Gasteiger partial charge in [0.25, 0.3) is 0 Å². The minimum atomic E-state index is -1.26. The van der Waals surface area contributed by atoms with Gasteiger partial charge in [0, 0.05) is 22.5 Å². The van der Waals surface area contributed by atoms with Crippen LogP contribution in [0.2, 0.25) is 0 Å². The Morgan fingerprint density at radius 1 is 1.09 bits per heavy atom. The predicted octanol–water partition coefficient (Wildman–Crippen LogP) is 3.14. The van der Waals surface area contributed by atoms with Crippen LogP contribution in [-0.2, 0) is 9.53 Å². The number of aromatic nitrogens is 1. The average molecular weight is 309 g/mol. The number of rotatable bonds is 4. The van der Waals surface area contributed by atoms with Crippen LogP contribution in [0.5, 0.6) is 0 Å². The van der Waals surface area contributed by atoms with Gasteiger partial charge in [0.15, 0.2) is 6.10 Å². The number of aliphatic hydroxyl groups excluding tert-OH is 1. The number of para-hydroxylation sites is 1. The molecule has 0 aliphatic rings. The number of hydrogen-bond acceptors (Lipinski definition) is 3. The van der Waals surface area contributed by atoms with E-state index in [2.05, 4.69) is 4.98 Å². The maximum Gasteiger partial charge on any atom is 0.335 e. The molecule has 23 heavy (non-hydrogen) atoms. The summed E-state index contributed by atoms with van der Waals surface area (Å²) in [7, 11) is 1.29. The van der Waals surface area contributed by atoms with E-state index in [1.165, 1.54) is 7.11 Å². The summed E-state index contributed by atoms with van der Waals surface area (Å²) in [6.45, 7) is 1.95. The third kappa shape index (κ3) is 2.73. The fourth-order valence-corrected chi connectivity index (χ4v) is 3.12. The molecule has 2 N–H and O–H groups in total. The van der Waals surface area contributed by atoms with E-state index in [1.807, 2.05) is 61.5 Å². The summed E-state index contributed by atoms with van der Waals surface area (Å²) >= 11 is 0. The highest BCUT2D eigenvalue weighted by Crippen LogP contribution is 2.36. The number of methoxy groups -OCH3 is 1.